The minimum Gasteiger partial charge on any atom is -0.378 e. The quantitative estimate of drug-likeness (QED) is 0.753. The van der Waals surface area contributed by atoms with Crippen LogP contribution < -0.4 is 0 Å². The third kappa shape index (κ3) is 3.87. The van der Waals surface area contributed by atoms with Crippen LogP contribution in [0.4, 0.5) is 0 Å². The van der Waals surface area contributed by atoms with E-state index in [4.69, 9.17) is 4.74 Å². The zero-order chi connectivity index (χ0) is 20.6. The van der Waals surface area contributed by atoms with E-state index in [-0.39, 0.29) is 11.6 Å². The van der Waals surface area contributed by atoms with Crippen LogP contribution in [0.15, 0.2) is 59.5 Å². The largest absolute Gasteiger partial charge is 0.378 e. The summed E-state index contributed by atoms with van der Waals surface area (Å²) in [5.41, 5.74) is 2.04. The van der Waals surface area contributed by atoms with Gasteiger partial charge in [0.25, 0.3) is 0 Å². The molecule has 1 atom stereocenters. The molecular weight excluding hydrogens is 384 g/mol. The molecule has 2 aromatic carbocycles. The van der Waals surface area contributed by atoms with E-state index in [0.717, 1.165) is 12.1 Å². The Morgan fingerprint density at radius 2 is 1.72 bits per heavy atom. The number of sulfonamides is 1. The van der Waals surface area contributed by atoms with Crippen LogP contribution in [0, 0.1) is 12.8 Å². The van der Waals surface area contributed by atoms with Crippen molar-refractivity contribution in [3.63, 3.8) is 0 Å². The highest BCUT2D eigenvalue weighted by molar-refractivity contribution is 7.89. The minimum absolute atomic E-state index is 0.263. The first-order valence-corrected chi connectivity index (χ1v) is 11.7. The number of hydrogen-bond donors (Lipinski definition) is 0. The number of ether oxygens (including phenoxy) is 1. The molecular formula is C23H30N2O3S. The number of hydrogen-bond acceptors (Lipinski definition) is 4. The molecule has 2 fully saturated rings. The summed E-state index contributed by atoms with van der Waals surface area (Å²) in [6.45, 7) is 9.40. The molecule has 29 heavy (non-hydrogen) atoms. The summed E-state index contributed by atoms with van der Waals surface area (Å²) in [6.07, 6.45) is 0. The SMILES string of the molecule is Cc1ccc(S(=O)(=O)N2CC3(COC[C@H](C(C)C)N3Cc3ccccc3)C2)cc1. The van der Waals surface area contributed by atoms with Gasteiger partial charge in [0, 0.05) is 25.7 Å². The van der Waals surface area contributed by atoms with Crippen LogP contribution >= 0.6 is 0 Å². The molecule has 5 nitrogen and oxygen atoms in total. The predicted octanol–water partition coefficient (Wildman–Crippen LogP) is 3.30. The summed E-state index contributed by atoms with van der Waals surface area (Å²) in [5.74, 6) is 0.429. The lowest BCUT2D eigenvalue weighted by Crippen LogP contribution is -2.77. The zero-order valence-electron chi connectivity index (χ0n) is 17.4. The van der Waals surface area contributed by atoms with Crippen molar-refractivity contribution in [2.24, 2.45) is 5.92 Å². The van der Waals surface area contributed by atoms with Crippen molar-refractivity contribution in [1.29, 1.82) is 0 Å². The Balaban J connectivity index is 1.58. The van der Waals surface area contributed by atoms with Crippen molar-refractivity contribution in [2.75, 3.05) is 26.3 Å². The van der Waals surface area contributed by atoms with E-state index >= 15 is 0 Å². The average molecular weight is 415 g/mol. The maximum Gasteiger partial charge on any atom is 0.243 e. The summed E-state index contributed by atoms with van der Waals surface area (Å²) < 4.78 is 33.8. The van der Waals surface area contributed by atoms with Gasteiger partial charge in [-0.25, -0.2) is 8.42 Å². The normalized spacial score (nSPS) is 22.7. The number of nitrogens with zero attached hydrogens (tertiary/aromatic N) is 2. The standard InChI is InChI=1S/C23H30N2O3S/c1-18(2)22-14-28-17-23(25(22)13-20-7-5-4-6-8-20)15-24(16-23)29(26,27)21-11-9-19(3)10-12-21/h4-12,18,22H,13-17H2,1-3H3/t22-/m1/s1. The number of aryl methyl sites for hydroxylation is 1. The van der Waals surface area contributed by atoms with E-state index in [1.165, 1.54) is 5.56 Å². The van der Waals surface area contributed by atoms with Crippen LogP contribution in [0.2, 0.25) is 0 Å². The van der Waals surface area contributed by atoms with E-state index < -0.39 is 10.0 Å². The van der Waals surface area contributed by atoms with Crippen molar-refractivity contribution in [2.45, 2.75) is 43.8 Å². The van der Waals surface area contributed by atoms with Gasteiger partial charge in [-0.2, -0.15) is 4.31 Å². The molecule has 2 heterocycles. The van der Waals surface area contributed by atoms with Crippen LogP contribution in [0.5, 0.6) is 0 Å². The van der Waals surface area contributed by atoms with Gasteiger partial charge >= 0.3 is 0 Å². The van der Waals surface area contributed by atoms with Gasteiger partial charge in [0.1, 0.15) is 0 Å². The average Bonchev–Trinajstić information content (AvgIpc) is 2.67. The Bertz CT molecular complexity index is 936. The molecule has 2 saturated heterocycles. The summed E-state index contributed by atoms with van der Waals surface area (Å²) in [6, 6.07) is 17.8. The summed E-state index contributed by atoms with van der Waals surface area (Å²) in [7, 11) is -3.48. The Morgan fingerprint density at radius 1 is 1.07 bits per heavy atom. The van der Waals surface area contributed by atoms with E-state index in [1.807, 2.05) is 25.1 Å². The third-order valence-corrected chi connectivity index (χ3v) is 8.04. The molecule has 4 rings (SSSR count). The van der Waals surface area contributed by atoms with E-state index in [1.54, 1.807) is 16.4 Å². The van der Waals surface area contributed by atoms with Gasteiger partial charge in [0.15, 0.2) is 0 Å². The fraction of sp³-hybridized carbons (Fsp3) is 0.478. The fourth-order valence-corrected chi connectivity index (χ4v) is 6.02. The van der Waals surface area contributed by atoms with Crippen LogP contribution in [0.3, 0.4) is 0 Å². The summed E-state index contributed by atoms with van der Waals surface area (Å²) in [4.78, 5) is 2.86. The van der Waals surface area contributed by atoms with Crippen LogP contribution in [-0.4, -0.2) is 55.5 Å². The molecule has 0 bridgehead atoms. The fourth-order valence-electron chi connectivity index (χ4n) is 4.42. The molecule has 0 aliphatic carbocycles. The second kappa shape index (κ2) is 7.84. The van der Waals surface area contributed by atoms with Gasteiger partial charge in [-0.3, -0.25) is 4.90 Å². The molecule has 0 amide bonds. The second-order valence-corrected chi connectivity index (χ2v) is 10.7. The van der Waals surface area contributed by atoms with Gasteiger partial charge in [-0.1, -0.05) is 61.9 Å². The lowest BCUT2D eigenvalue weighted by Gasteiger charge is -2.60. The van der Waals surface area contributed by atoms with Crippen molar-refractivity contribution >= 4 is 10.0 Å². The maximum atomic E-state index is 13.1. The minimum atomic E-state index is -3.48. The molecule has 2 aliphatic heterocycles. The molecule has 6 heteroatoms. The highest BCUT2D eigenvalue weighted by atomic mass is 32.2. The molecule has 0 saturated carbocycles. The Kier molecular flexibility index (Phi) is 5.55. The van der Waals surface area contributed by atoms with Crippen LogP contribution in [0.1, 0.15) is 25.0 Å². The van der Waals surface area contributed by atoms with Crippen molar-refractivity contribution < 1.29 is 13.2 Å². The summed E-state index contributed by atoms with van der Waals surface area (Å²) in [5, 5.41) is 0. The molecule has 1 spiro atoms. The number of morpholine rings is 1. The lowest BCUT2D eigenvalue weighted by molar-refractivity contribution is -0.161. The highest BCUT2D eigenvalue weighted by Crippen LogP contribution is 2.39. The molecule has 156 valence electrons. The number of rotatable bonds is 5. The topological polar surface area (TPSA) is 49.9 Å². The van der Waals surface area contributed by atoms with Crippen molar-refractivity contribution in [1.82, 2.24) is 9.21 Å². The smallest absolute Gasteiger partial charge is 0.243 e. The van der Waals surface area contributed by atoms with Crippen molar-refractivity contribution in [3.8, 4) is 0 Å². The lowest BCUT2D eigenvalue weighted by atomic mass is 9.85. The van der Waals surface area contributed by atoms with Gasteiger partial charge in [0.05, 0.1) is 23.6 Å². The number of benzene rings is 2. The van der Waals surface area contributed by atoms with E-state index in [2.05, 4.69) is 43.0 Å². The monoisotopic (exact) mass is 414 g/mol. The first-order chi connectivity index (χ1) is 13.8. The van der Waals surface area contributed by atoms with Crippen molar-refractivity contribution in [3.05, 3.63) is 65.7 Å². The van der Waals surface area contributed by atoms with Crippen LogP contribution in [0.25, 0.3) is 0 Å². The predicted molar refractivity (Wildman–Crippen MR) is 114 cm³/mol. The Labute approximate surface area is 174 Å². The molecule has 0 unspecified atom stereocenters. The van der Waals surface area contributed by atoms with Crippen LogP contribution in [-0.2, 0) is 21.3 Å². The second-order valence-electron chi connectivity index (χ2n) is 8.75. The van der Waals surface area contributed by atoms with Gasteiger partial charge in [-0.15, -0.1) is 0 Å². The first-order valence-electron chi connectivity index (χ1n) is 10.3. The van der Waals surface area contributed by atoms with E-state index in [0.29, 0.717) is 37.1 Å². The molecule has 0 radical (unpaired) electrons. The highest BCUT2D eigenvalue weighted by Gasteiger charge is 2.55. The first kappa shape index (κ1) is 20.5. The van der Waals surface area contributed by atoms with Gasteiger partial charge < -0.3 is 4.74 Å². The zero-order valence-corrected chi connectivity index (χ0v) is 18.2. The third-order valence-electron chi connectivity index (χ3n) is 6.23. The van der Waals surface area contributed by atoms with Gasteiger partial charge in [-0.05, 0) is 30.5 Å². The molecule has 2 aliphatic rings. The Morgan fingerprint density at radius 3 is 2.34 bits per heavy atom. The van der Waals surface area contributed by atoms with Gasteiger partial charge in [0.2, 0.25) is 10.0 Å². The van der Waals surface area contributed by atoms with E-state index in [9.17, 15) is 8.42 Å². The summed E-state index contributed by atoms with van der Waals surface area (Å²) >= 11 is 0. The molecule has 0 aromatic heterocycles. The maximum absolute atomic E-state index is 13.1. The Hall–Kier alpha value is -1.73. The molecule has 2 aromatic rings. The molecule has 0 N–H and O–H groups in total.